The molecule has 8 heteroatoms. The molecule has 0 N–H and O–H groups in total. The molecule has 0 aliphatic carbocycles. The molecular weight excluding hydrogens is 365 g/mol. The Bertz CT molecular complexity index is 936. The van der Waals surface area contributed by atoms with E-state index in [2.05, 4.69) is 4.98 Å². The second-order valence-corrected chi connectivity index (χ2v) is 8.03. The molecule has 2 aromatic rings. The van der Waals surface area contributed by atoms with Gasteiger partial charge in [0.2, 0.25) is 10.0 Å². The van der Waals surface area contributed by atoms with Crippen LogP contribution in [0.4, 0.5) is 13.2 Å². The van der Waals surface area contributed by atoms with Crippen LogP contribution in [0.25, 0.3) is 5.57 Å². The van der Waals surface area contributed by atoms with Crippen molar-refractivity contribution in [2.75, 3.05) is 13.1 Å². The average molecular weight is 382 g/mol. The van der Waals surface area contributed by atoms with Gasteiger partial charge in [-0.05, 0) is 36.6 Å². The fourth-order valence-corrected chi connectivity index (χ4v) is 4.15. The minimum Gasteiger partial charge on any atom is -0.250 e. The molecule has 3 rings (SSSR count). The molecule has 0 radical (unpaired) electrons. The zero-order valence-corrected chi connectivity index (χ0v) is 14.8. The Morgan fingerprint density at radius 1 is 1.15 bits per heavy atom. The van der Waals surface area contributed by atoms with E-state index < -0.39 is 21.9 Å². The first kappa shape index (κ1) is 18.6. The fraction of sp³-hybridized carbons (Fsp3) is 0.278. The van der Waals surface area contributed by atoms with E-state index in [1.54, 1.807) is 0 Å². The molecule has 1 aliphatic heterocycles. The Hall–Kier alpha value is -2.19. The Morgan fingerprint density at radius 3 is 2.46 bits per heavy atom. The zero-order chi connectivity index (χ0) is 18.9. The standard InChI is InChI=1S/C18H17F3N2O2S/c1-13-3-2-4-15(11-13)14-7-9-23(10-8-14)26(24,25)16-5-6-17(22-12-16)18(19,20)21/h2-7,11-12H,8-10H2,1H3. The van der Waals surface area contributed by atoms with Crippen molar-refractivity contribution < 1.29 is 21.6 Å². The molecule has 0 amide bonds. The molecule has 0 unspecified atom stereocenters. The fourth-order valence-electron chi connectivity index (χ4n) is 2.83. The number of pyridine rings is 1. The van der Waals surface area contributed by atoms with E-state index in [0.717, 1.165) is 29.0 Å². The van der Waals surface area contributed by atoms with Crippen molar-refractivity contribution in [1.82, 2.24) is 9.29 Å². The quantitative estimate of drug-likeness (QED) is 0.809. The van der Waals surface area contributed by atoms with Crippen LogP contribution in [0.5, 0.6) is 0 Å². The van der Waals surface area contributed by atoms with Crippen molar-refractivity contribution in [3.05, 3.63) is 65.5 Å². The first-order valence-corrected chi connectivity index (χ1v) is 9.41. The third kappa shape index (κ3) is 3.81. The van der Waals surface area contributed by atoms with E-state index in [-0.39, 0.29) is 18.0 Å². The van der Waals surface area contributed by atoms with E-state index in [4.69, 9.17) is 0 Å². The molecule has 0 bridgehead atoms. The molecule has 1 aliphatic rings. The van der Waals surface area contributed by atoms with Crippen molar-refractivity contribution in [3.63, 3.8) is 0 Å². The summed E-state index contributed by atoms with van der Waals surface area (Å²) in [7, 11) is -3.88. The molecule has 2 heterocycles. The number of halogens is 3. The predicted octanol–water partition coefficient (Wildman–Crippen LogP) is 3.89. The number of benzene rings is 1. The van der Waals surface area contributed by atoms with Gasteiger partial charge in [0.05, 0.1) is 0 Å². The Labute approximate surface area is 150 Å². The van der Waals surface area contributed by atoms with E-state index in [0.29, 0.717) is 12.5 Å². The van der Waals surface area contributed by atoms with Gasteiger partial charge in [-0.25, -0.2) is 8.42 Å². The lowest BCUT2D eigenvalue weighted by molar-refractivity contribution is -0.141. The Morgan fingerprint density at radius 2 is 1.92 bits per heavy atom. The number of rotatable bonds is 3. The monoisotopic (exact) mass is 382 g/mol. The third-order valence-electron chi connectivity index (χ3n) is 4.23. The van der Waals surface area contributed by atoms with Gasteiger partial charge in [0.15, 0.2) is 0 Å². The molecule has 0 spiro atoms. The smallest absolute Gasteiger partial charge is 0.250 e. The number of hydrogen-bond acceptors (Lipinski definition) is 3. The summed E-state index contributed by atoms with van der Waals surface area (Å²) in [6, 6.07) is 9.58. The van der Waals surface area contributed by atoms with Gasteiger partial charge >= 0.3 is 6.18 Å². The highest BCUT2D eigenvalue weighted by Crippen LogP contribution is 2.29. The average Bonchev–Trinajstić information content (AvgIpc) is 2.61. The van der Waals surface area contributed by atoms with Crippen molar-refractivity contribution in [2.45, 2.75) is 24.4 Å². The molecule has 0 saturated carbocycles. The minimum atomic E-state index is -4.60. The maximum atomic E-state index is 12.6. The minimum absolute atomic E-state index is 0.173. The molecule has 4 nitrogen and oxygen atoms in total. The van der Waals surface area contributed by atoms with E-state index in [9.17, 15) is 21.6 Å². The first-order valence-electron chi connectivity index (χ1n) is 7.97. The van der Waals surface area contributed by atoms with Gasteiger partial charge < -0.3 is 0 Å². The summed E-state index contributed by atoms with van der Waals surface area (Å²) in [4.78, 5) is 3.00. The molecule has 0 atom stereocenters. The first-order chi connectivity index (χ1) is 12.2. The third-order valence-corrected chi connectivity index (χ3v) is 6.07. The van der Waals surface area contributed by atoms with Gasteiger partial charge in [-0.1, -0.05) is 35.9 Å². The van der Waals surface area contributed by atoms with Crippen LogP contribution >= 0.6 is 0 Å². The molecule has 0 fully saturated rings. The summed E-state index contributed by atoms with van der Waals surface area (Å²) in [5.74, 6) is 0. The largest absolute Gasteiger partial charge is 0.433 e. The van der Waals surface area contributed by atoms with Crippen molar-refractivity contribution in [3.8, 4) is 0 Å². The normalized spacial score (nSPS) is 16.4. The maximum Gasteiger partial charge on any atom is 0.433 e. The number of alkyl halides is 3. The van der Waals surface area contributed by atoms with Crippen LogP contribution in [0, 0.1) is 6.92 Å². The Balaban J connectivity index is 1.79. The summed E-state index contributed by atoms with van der Waals surface area (Å²) in [5, 5.41) is 0. The number of sulfonamides is 1. The van der Waals surface area contributed by atoms with Crippen LogP contribution in [-0.4, -0.2) is 30.8 Å². The van der Waals surface area contributed by atoms with E-state index >= 15 is 0 Å². The SMILES string of the molecule is Cc1cccc(C2=CCN(S(=O)(=O)c3ccc(C(F)(F)F)nc3)CC2)c1. The summed E-state index contributed by atoms with van der Waals surface area (Å²) < 4.78 is 64.2. The second kappa shape index (κ2) is 6.85. The van der Waals surface area contributed by atoms with Gasteiger partial charge in [-0.15, -0.1) is 0 Å². The van der Waals surface area contributed by atoms with Crippen molar-refractivity contribution in [2.24, 2.45) is 0 Å². The molecule has 26 heavy (non-hydrogen) atoms. The Kier molecular flexibility index (Phi) is 4.90. The summed E-state index contributed by atoms with van der Waals surface area (Å²) in [6.45, 7) is 2.43. The topological polar surface area (TPSA) is 50.3 Å². The van der Waals surface area contributed by atoms with Crippen LogP contribution in [-0.2, 0) is 16.2 Å². The number of nitrogens with zero attached hydrogens (tertiary/aromatic N) is 2. The predicted molar refractivity (Wildman–Crippen MR) is 91.8 cm³/mol. The molecular formula is C18H17F3N2O2S. The zero-order valence-electron chi connectivity index (χ0n) is 14.0. The number of aromatic nitrogens is 1. The highest BCUT2D eigenvalue weighted by molar-refractivity contribution is 7.89. The van der Waals surface area contributed by atoms with Gasteiger partial charge in [0.25, 0.3) is 0 Å². The highest BCUT2D eigenvalue weighted by Gasteiger charge is 2.33. The lowest BCUT2D eigenvalue weighted by Gasteiger charge is -2.26. The lowest BCUT2D eigenvalue weighted by atomic mass is 9.99. The van der Waals surface area contributed by atoms with E-state index in [1.165, 1.54) is 4.31 Å². The maximum absolute atomic E-state index is 12.6. The van der Waals surface area contributed by atoms with Gasteiger partial charge in [0.1, 0.15) is 10.6 Å². The number of hydrogen-bond donors (Lipinski definition) is 0. The molecule has 138 valence electrons. The van der Waals surface area contributed by atoms with Crippen LogP contribution in [0.3, 0.4) is 0 Å². The van der Waals surface area contributed by atoms with Crippen LogP contribution in [0.1, 0.15) is 23.2 Å². The molecule has 1 aromatic heterocycles. The second-order valence-electron chi connectivity index (χ2n) is 6.09. The number of aryl methyl sites for hydroxylation is 1. The van der Waals surface area contributed by atoms with Gasteiger partial charge in [-0.3, -0.25) is 4.98 Å². The summed E-state index contributed by atoms with van der Waals surface area (Å²) >= 11 is 0. The van der Waals surface area contributed by atoms with Crippen molar-refractivity contribution in [1.29, 1.82) is 0 Å². The van der Waals surface area contributed by atoms with E-state index in [1.807, 2.05) is 37.3 Å². The van der Waals surface area contributed by atoms with Gasteiger partial charge in [0, 0.05) is 19.3 Å². The lowest BCUT2D eigenvalue weighted by Crippen LogP contribution is -2.34. The molecule has 0 saturated heterocycles. The van der Waals surface area contributed by atoms with Crippen LogP contribution in [0.15, 0.2) is 53.6 Å². The summed E-state index contributed by atoms with van der Waals surface area (Å²) in [5.41, 5.74) is 2.12. The van der Waals surface area contributed by atoms with Gasteiger partial charge in [-0.2, -0.15) is 17.5 Å². The summed E-state index contributed by atoms with van der Waals surface area (Å²) in [6.07, 6.45) is -1.46. The van der Waals surface area contributed by atoms with Crippen molar-refractivity contribution >= 4 is 15.6 Å². The van der Waals surface area contributed by atoms with Crippen LogP contribution < -0.4 is 0 Å². The highest BCUT2D eigenvalue weighted by atomic mass is 32.2. The molecule has 1 aromatic carbocycles. The van der Waals surface area contributed by atoms with Crippen LogP contribution in [0.2, 0.25) is 0 Å².